The summed E-state index contributed by atoms with van der Waals surface area (Å²) in [5, 5.41) is 0. The summed E-state index contributed by atoms with van der Waals surface area (Å²) < 4.78 is 0. The summed E-state index contributed by atoms with van der Waals surface area (Å²) in [6.45, 7) is 12.5. The molecule has 1 heteroatoms. The van der Waals surface area contributed by atoms with Gasteiger partial charge in [0.1, 0.15) is 0 Å². The molecule has 0 saturated heterocycles. The second-order valence-electron chi connectivity index (χ2n) is 1.50. The van der Waals surface area contributed by atoms with Crippen LogP contribution in [-0.4, -0.2) is 0 Å². The SMILES string of the molecule is C=C=C.C=C=C.[C-]1=CC=CC1.[H-].[H-].[H-].[Ru+4]. The second kappa shape index (κ2) is 22.5. The van der Waals surface area contributed by atoms with Crippen molar-refractivity contribution in [2.75, 3.05) is 0 Å². The third-order valence-electron chi connectivity index (χ3n) is 0.586. The van der Waals surface area contributed by atoms with E-state index in [1.54, 1.807) is 0 Å². The molecule has 0 nitrogen and oxygen atoms in total. The van der Waals surface area contributed by atoms with E-state index in [0.29, 0.717) is 0 Å². The van der Waals surface area contributed by atoms with Crippen molar-refractivity contribution in [3.05, 3.63) is 62.1 Å². The van der Waals surface area contributed by atoms with Crippen molar-refractivity contribution in [1.82, 2.24) is 0 Å². The number of hydrogen-bond donors (Lipinski definition) is 0. The Kier molecular flexibility index (Phi) is 32.4. The van der Waals surface area contributed by atoms with E-state index in [9.17, 15) is 0 Å². The third-order valence-corrected chi connectivity index (χ3v) is 0.586. The van der Waals surface area contributed by atoms with Gasteiger partial charge >= 0.3 is 19.5 Å². The first kappa shape index (κ1) is 17.3. The Hall–Kier alpha value is -0.857. The zero-order chi connectivity index (χ0) is 8.95. The quantitative estimate of drug-likeness (QED) is 0.350. The molecule has 0 spiro atoms. The topological polar surface area (TPSA) is 0 Å². The number of hydrogen-bond acceptors (Lipinski definition) is 0. The smallest absolute Gasteiger partial charge is 1.00 e. The van der Waals surface area contributed by atoms with Gasteiger partial charge in [-0.25, -0.2) is 12.2 Å². The molecule has 0 N–H and O–H groups in total. The van der Waals surface area contributed by atoms with Crippen molar-refractivity contribution in [2.24, 2.45) is 0 Å². The molecular formula is C11H16Ru. The summed E-state index contributed by atoms with van der Waals surface area (Å²) in [7, 11) is 0. The molecule has 0 aromatic rings. The molecule has 0 unspecified atom stereocenters. The summed E-state index contributed by atoms with van der Waals surface area (Å²) in [6, 6.07) is 0. The fourth-order valence-corrected chi connectivity index (χ4v) is 0.340. The molecule has 0 amide bonds. The minimum Gasteiger partial charge on any atom is -1.00 e. The summed E-state index contributed by atoms with van der Waals surface area (Å²) in [5.74, 6) is 0. The molecule has 0 heterocycles. The van der Waals surface area contributed by atoms with Gasteiger partial charge in [0.25, 0.3) is 0 Å². The van der Waals surface area contributed by atoms with E-state index < -0.39 is 0 Å². The Morgan fingerprint density at radius 2 is 1.58 bits per heavy atom. The molecule has 1 aliphatic carbocycles. The Bertz CT molecular complexity index is 174. The van der Waals surface area contributed by atoms with E-state index in [1.165, 1.54) is 0 Å². The van der Waals surface area contributed by atoms with Crippen LogP contribution >= 0.6 is 0 Å². The maximum Gasteiger partial charge on any atom is 4.00 e. The number of allylic oxidation sites excluding steroid dienone is 4. The Balaban J connectivity index is -0.0000000187. The first-order valence-electron chi connectivity index (χ1n) is 3.13. The van der Waals surface area contributed by atoms with Crippen molar-refractivity contribution in [3.8, 4) is 0 Å². The van der Waals surface area contributed by atoms with Gasteiger partial charge in [-0.05, 0) is 0 Å². The maximum absolute atomic E-state index is 3.12. The molecule has 0 fully saturated rings. The van der Waals surface area contributed by atoms with E-state index in [-0.39, 0.29) is 23.8 Å². The van der Waals surface area contributed by atoms with Crippen LogP contribution in [0, 0.1) is 6.08 Å². The molecule has 0 aromatic heterocycles. The van der Waals surface area contributed by atoms with Crippen molar-refractivity contribution < 1.29 is 23.8 Å². The molecule has 0 bridgehead atoms. The minimum atomic E-state index is 0. The van der Waals surface area contributed by atoms with Crippen LogP contribution in [0.25, 0.3) is 0 Å². The largest absolute Gasteiger partial charge is 4.00 e. The van der Waals surface area contributed by atoms with Crippen molar-refractivity contribution in [1.29, 1.82) is 0 Å². The molecule has 12 heavy (non-hydrogen) atoms. The van der Waals surface area contributed by atoms with Crippen LogP contribution in [0.5, 0.6) is 0 Å². The first-order chi connectivity index (χ1) is 5.33. The van der Waals surface area contributed by atoms with Crippen molar-refractivity contribution >= 4 is 0 Å². The van der Waals surface area contributed by atoms with Gasteiger partial charge in [-0.3, -0.25) is 6.08 Å². The van der Waals surface area contributed by atoms with E-state index in [1.807, 2.05) is 12.2 Å². The minimum absolute atomic E-state index is 0. The van der Waals surface area contributed by atoms with Crippen LogP contribution in [-0.2, 0) is 19.5 Å². The number of rotatable bonds is 0. The standard InChI is InChI=1S/C5H5.2C3H4.Ru.3H/c1-2-4-5-3-1;2*1-3-2;;;;/h1-3H,4H2;2*1-2H2;;;;/q-1;;;+4;3*-1. The van der Waals surface area contributed by atoms with Gasteiger partial charge in [-0.15, -0.1) is 17.9 Å². The van der Waals surface area contributed by atoms with Gasteiger partial charge < -0.3 is 4.28 Å². The summed E-state index contributed by atoms with van der Waals surface area (Å²) in [6.07, 6.45) is 10.0. The van der Waals surface area contributed by atoms with Crippen molar-refractivity contribution in [3.63, 3.8) is 0 Å². The van der Waals surface area contributed by atoms with Gasteiger partial charge in [0.05, 0.1) is 0 Å². The van der Waals surface area contributed by atoms with Crippen LogP contribution in [0.4, 0.5) is 0 Å². The van der Waals surface area contributed by atoms with E-state index >= 15 is 0 Å². The van der Waals surface area contributed by atoms with Crippen molar-refractivity contribution in [2.45, 2.75) is 6.42 Å². The van der Waals surface area contributed by atoms with Gasteiger partial charge in [0, 0.05) is 0 Å². The average Bonchev–Trinajstić information content (AvgIpc) is 2.44. The molecule has 0 atom stereocenters. The first-order valence-corrected chi connectivity index (χ1v) is 3.13. The molecule has 1 aliphatic rings. The maximum atomic E-state index is 3.12. The summed E-state index contributed by atoms with van der Waals surface area (Å²) in [5.41, 5.74) is 4.50. The molecule has 1 rings (SSSR count). The second-order valence-corrected chi connectivity index (χ2v) is 1.50. The molecule has 0 aliphatic heterocycles. The Labute approximate surface area is 92.6 Å². The van der Waals surface area contributed by atoms with Gasteiger partial charge in [-0.2, -0.15) is 6.08 Å². The zero-order valence-electron chi connectivity index (χ0n) is 10.1. The summed E-state index contributed by atoms with van der Waals surface area (Å²) >= 11 is 0. The molecule has 0 saturated carbocycles. The van der Waals surface area contributed by atoms with Crippen LogP contribution in [0.15, 0.2) is 56.0 Å². The van der Waals surface area contributed by atoms with Crippen LogP contribution in [0.1, 0.15) is 10.7 Å². The monoisotopic (exact) mass is 250 g/mol. The predicted molar refractivity (Wildman–Crippen MR) is 54.4 cm³/mol. The van der Waals surface area contributed by atoms with Crippen LogP contribution < -0.4 is 0 Å². The van der Waals surface area contributed by atoms with Crippen LogP contribution in [0.3, 0.4) is 0 Å². The van der Waals surface area contributed by atoms with E-state index in [4.69, 9.17) is 0 Å². The Morgan fingerprint density at radius 3 is 1.67 bits per heavy atom. The van der Waals surface area contributed by atoms with Gasteiger partial charge in [0.2, 0.25) is 0 Å². The molecule has 68 valence electrons. The summed E-state index contributed by atoms with van der Waals surface area (Å²) in [4.78, 5) is 0. The Morgan fingerprint density at radius 1 is 1.17 bits per heavy atom. The van der Waals surface area contributed by atoms with Gasteiger partial charge in [-0.1, -0.05) is 26.3 Å². The fourth-order valence-electron chi connectivity index (χ4n) is 0.340. The normalized spacial score (nSPS) is 8.67. The van der Waals surface area contributed by atoms with Gasteiger partial charge in [0.15, 0.2) is 0 Å². The van der Waals surface area contributed by atoms with Crippen LogP contribution in [0.2, 0.25) is 0 Å². The molecule has 0 radical (unpaired) electrons. The third kappa shape index (κ3) is 35.3. The zero-order valence-corrected chi connectivity index (χ0v) is 8.86. The fraction of sp³-hybridized carbons (Fsp3) is 0.0909. The average molecular weight is 249 g/mol. The van der Waals surface area contributed by atoms with E-state index in [2.05, 4.69) is 49.9 Å². The predicted octanol–water partition coefficient (Wildman–Crippen LogP) is 3.56. The molecule has 0 aromatic carbocycles. The molecular weight excluding hydrogens is 233 g/mol. The van der Waals surface area contributed by atoms with E-state index in [0.717, 1.165) is 6.42 Å².